The van der Waals surface area contributed by atoms with Gasteiger partial charge in [-0.2, -0.15) is 0 Å². The summed E-state index contributed by atoms with van der Waals surface area (Å²) in [4.78, 5) is 2.32. The van der Waals surface area contributed by atoms with Gasteiger partial charge in [0.2, 0.25) is 0 Å². The minimum atomic E-state index is 0.740. The lowest BCUT2D eigenvalue weighted by Crippen LogP contribution is -2.19. The molecule has 1 aliphatic heterocycles. The fourth-order valence-electron chi connectivity index (χ4n) is 2.42. The Bertz CT molecular complexity index is 148. The van der Waals surface area contributed by atoms with Crippen molar-refractivity contribution < 1.29 is 0 Å². The van der Waals surface area contributed by atoms with E-state index in [1.807, 2.05) is 0 Å². The van der Waals surface area contributed by atoms with Crippen LogP contribution in [0.5, 0.6) is 0 Å². The molecule has 0 amide bonds. The zero-order chi connectivity index (χ0) is 7.90. The van der Waals surface area contributed by atoms with Gasteiger partial charge in [0.1, 0.15) is 0 Å². The van der Waals surface area contributed by atoms with Crippen molar-refractivity contribution in [1.29, 1.82) is 0 Å². The van der Waals surface area contributed by atoms with Crippen LogP contribution in [0.15, 0.2) is 0 Å². The summed E-state index contributed by atoms with van der Waals surface area (Å²) in [6.07, 6.45) is 2.89. The second kappa shape index (κ2) is 2.46. The van der Waals surface area contributed by atoms with E-state index in [-0.39, 0.29) is 0 Å². The number of nitrogens with one attached hydrogen (secondary N) is 1. The Labute approximate surface area is 69.0 Å². The zero-order valence-corrected chi connectivity index (χ0v) is 7.56. The van der Waals surface area contributed by atoms with E-state index >= 15 is 0 Å². The highest BCUT2D eigenvalue weighted by Gasteiger charge is 2.54. The van der Waals surface area contributed by atoms with Crippen molar-refractivity contribution in [2.75, 3.05) is 33.7 Å². The van der Waals surface area contributed by atoms with Crippen molar-refractivity contribution in [1.82, 2.24) is 10.2 Å². The van der Waals surface area contributed by atoms with Crippen LogP contribution in [0.2, 0.25) is 0 Å². The molecule has 2 unspecified atom stereocenters. The standard InChI is InChI=1S/C9H18N2/c1-11(2)6-8-5-9(8)3-4-10-7-9/h8,10H,3-7H2,1-2H3. The third-order valence-electron chi connectivity index (χ3n) is 3.22. The van der Waals surface area contributed by atoms with E-state index in [0.29, 0.717) is 0 Å². The third kappa shape index (κ3) is 1.30. The molecule has 2 fully saturated rings. The molecule has 0 aromatic heterocycles. The van der Waals surface area contributed by atoms with Crippen LogP contribution in [0.1, 0.15) is 12.8 Å². The molecule has 1 saturated heterocycles. The molecule has 1 heterocycles. The highest BCUT2D eigenvalue weighted by atomic mass is 15.1. The van der Waals surface area contributed by atoms with Gasteiger partial charge in [-0.15, -0.1) is 0 Å². The van der Waals surface area contributed by atoms with Crippen LogP contribution in [0, 0.1) is 11.3 Å². The second-order valence-corrected chi connectivity index (χ2v) is 4.45. The molecule has 2 atom stereocenters. The summed E-state index contributed by atoms with van der Waals surface area (Å²) in [6, 6.07) is 0. The van der Waals surface area contributed by atoms with Crippen LogP contribution in [-0.4, -0.2) is 38.6 Å². The molecule has 2 aliphatic rings. The summed E-state index contributed by atoms with van der Waals surface area (Å²) in [6.45, 7) is 3.83. The fourth-order valence-corrected chi connectivity index (χ4v) is 2.42. The first-order valence-corrected chi connectivity index (χ1v) is 4.58. The molecule has 2 rings (SSSR count). The lowest BCUT2D eigenvalue weighted by molar-refractivity contribution is 0.351. The van der Waals surface area contributed by atoms with Crippen molar-refractivity contribution in [3.05, 3.63) is 0 Å². The number of rotatable bonds is 2. The summed E-state index contributed by atoms with van der Waals surface area (Å²) in [5.41, 5.74) is 0.740. The minimum Gasteiger partial charge on any atom is -0.316 e. The van der Waals surface area contributed by atoms with Gasteiger partial charge in [-0.25, -0.2) is 0 Å². The molecule has 64 valence electrons. The van der Waals surface area contributed by atoms with Crippen molar-refractivity contribution in [3.63, 3.8) is 0 Å². The lowest BCUT2D eigenvalue weighted by atomic mass is 10.0. The molecule has 2 heteroatoms. The molecular formula is C9H18N2. The summed E-state index contributed by atoms with van der Waals surface area (Å²) in [5, 5.41) is 3.46. The molecule has 0 bridgehead atoms. The van der Waals surface area contributed by atoms with Gasteiger partial charge in [-0.1, -0.05) is 0 Å². The maximum absolute atomic E-state index is 3.46. The van der Waals surface area contributed by atoms with E-state index in [4.69, 9.17) is 0 Å². The normalized spacial score (nSPS) is 42.3. The highest BCUT2D eigenvalue weighted by Crippen LogP contribution is 2.56. The van der Waals surface area contributed by atoms with Crippen LogP contribution in [0.4, 0.5) is 0 Å². The molecular weight excluding hydrogens is 136 g/mol. The van der Waals surface area contributed by atoms with Gasteiger partial charge >= 0.3 is 0 Å². The molecule has 0 aromatic rings. The largest absolute Gasteiger partial charge is 0.316 e. The maximum Gasteiger partial charge on any atom is 0.00115 e. The SMILES string of the molecule is CN(C)CC1CC12CCNC2. The maximum atomic E-state index is 3.46. The predicted octanol–water partition coefficient (Wildman–Crippen LogP) is 0.548. The van der Waals surface area contributed by atoms with Crippen LogP contribution < -0.4 is 5.32 Å². The predicted molar refractivity (Wildman–Crippen MR) is 46.6 cm³/mol. The Morgan fingerprint density at radius 3 is 2.91 bits per heavy atom. The van der Waals surface area contributed by atoms with Gasteiger partial charge in [0, 0.05) is 13.1 Å². The molecule has 11 heavy (non-hydrogen) atoms. The Morgan fingerprint density at radius 1 is 1.55 bits per heavy atom. The minimum absolute atomic E-state index is 0.740. The van der Waals surface area contributed by atoms with Crippen molar-refractivity contribution in [2.24, 2.45) is 11.3 Å². The topological polar surface area (TPSA) is 15.3 Å². The first-order valence-electron chi connectivity index (χ1n) is 4.58. The highest BCUT2D eigenvalue weighted by molar-refractivity contribution is 5.07. The Morgan fingerprint density at radius 2 is 2.36 bits per heavy atom. The van der Waals surface area contributed by atoms with Crippen molar-refractivity contribution in [3.8, 4) is 0 Å². The molecule has 1 saturated carbocycles. The van der Waals surface area contributed by atoms with Crippen molar-refractivity contribution >= 4 is 0 Å². The molecule has 1 aliphatic carbocycles. The Balaban J connectivity index is 1.84. The van der Waals surface area contributed by atoms with E-state index in [9.17, 15) is 0 Å². The molecule has 2 nitrogen and oxygen atoms in total. The number of nitrogens with zero attached hydrogens (tertiary/aromatic N) is 1. The van der Waals surface area contributed by atoms with Gasteiger partial charge in [0.25, 0.3) is 0 Å². The quantitative estimate of drug-likeness (QED) is 0.625. The van der Waals surface area contributed by atoms with Crippen LogP contribution in [-0.2, 0) is 0 Å². The fraction of sp³-hybridized carbons (Fsp3) is 1.00. The van der Waals surface area contributed by atoms with E-state index in [0.717, 1.165) is 11.3 Å². The molecule has 0 radical (unpaired) electrons. The number of hydrogen-bond donors (Lipinski definition) is 1. The van der Waals surface area contributed by atoms with Crippen LogP contribution >= 0.6 is 0 Å². The lowest BCUT2D eigenvalue weighted by Gasteiger charge is -2.11. The molecule has 0 aromatic carbocycles. The average Bonchev–Trinajstić information content (AvgIpc) is 2.43. The van der Waals surface area contributed by atoms with Gasteiger partial charge in [0.15, 0.2) is 0 Å². The average molecular weight is 154 g/mol. The van der Waals surface area contributed by atoms with Gasteiger partial charge in [-0.3, -0.25) is 0 Å². The third-order valence-corrected chi connectivity index (χ3v) is 3.22. The van der Waals surface area contributed by atoms with Gasteiger partial charge < -0.3 is 10.2 Å². The smallest absolute Gasteiger partial charge is 0.00115 e. The van der Waals surface area contributed by atoms with Gasteiger partial charge in [0.05, 0.1) is 0 Å². The summed E-state index contributed by atoms with van der Waals surface area (Å²) in [5.74, 6) is 0.993. The zero-order valence-electron chi connectivity index (χ0n) is 7.56. The van der Waals surface area contributed by atoms with E-state index in [2.05, 4.69) is 24.3 Å². The molecule has 1 N–H and O–H groups in total. The first kappa shape index (κ1) is 7.56. The van der Waals surface area contributed by atoms with E-state index in [1.165, 1.54) is 32.5 Å². The van der Waals surface area contributed by atoms with Gasteiger partial charge in [-0.05, 0) is 44.8 Å². The first-order chi connectivity index (χ1) is 5.23. The summed E-state index contributed by atoms with van der Waals surface area (Å²) in [7, 11) is 4.35. The summed E-state index contributed by atoms with van der Waals surface area (Å²) < 4.78 is 0. The van der Waals surface area contributed by atoms with Crippen LogP contribution in [0.25, 0.3) is 0 Å². The monoisotopic (exact) mass is 154 g/mol. The number of hydrogen-bond acceptors (Lipinski definition) is 2. The van der Waals surface area contributed by atoms with E-state index < -0.39 is 0 Å². The van der Waals surface area contributed by atoms with Crippen molar-refractivity contribution in [2.45, 2.75) is 12.8 Å². The second-order valence-electron chi connectivity index (χ2n) is 4.45. The Hall–Kier alpha value is -0.0800. The molecule has 1 spiro atoms. The van der Waals surface area contributed by atoms with Crippen LogP contribution in [0.3, 0.4) is 0 Å². The Kier molecular flexibility index (Phi) is 1.69. The summed E-state index contributed by atoms with van der Waals surface area (Å²) >= 11 is 0. The van der Waals surface area contributed by atoms with E-state index in [1.54, 1.807) is 0 Å².